The fourth-order valence-electron chi connectivity index (χ4n) is 3.87. The predicted octanol–water partition coefficient (Wildman–Crippen LogP) is 6.48. The van der Waals surface area contributed by atoms with Crippen molar-refractivity contribution in [3.63, 3.8) is 0 Å². The Kier molecular flexibility index (Phi) is 14.4. The third kappa shape index (κ3) is 13.2. The molecular formula is C24H41O4P-2. The molecule has 0 radical (unpaired) electrons. The first-order chi connectivity index (χ1) is 14.0. The number of benzene rings is 1. The molecule has 168 valence electrons. The lowest BCUT2D eigenvalue weighted by atomic mass is 9.95. The van der Waals surface area contributed by atoms with Crippen LogP contribution in [0.5, 0.6) is 5.75 Å². The molecule has 0 fully saturated rings. The minimum atomic E-state index is -5.04. The van der Waals surface area contributed by atoms with Gasteiger partial charge in [-0.05, 0) is 42.9 Å². The van der Waals surface area contributed by atoms with Gasteiger partial charge in [0, 0.05) is 0 Å². The van der Waals surface area contributed by atoms with Crippen molar-refractivity contribution in [2.24, 2.45) is 0 Å². The van der Waals surface area contributed by atoms with E-state index in [2.05, 4.69) is 19.9 Å². The Morgan fingerprint density at radius 2 is 1.21 bits per heavy atom. The maximum atomic E-state index is 11.2. The van der Waals surface area contributed by atoms with Crippen LogP contribution in [0.25, 0.3) is 0 Å². The average Bonchev–Trinajstić information content (AvgIpc) is 2.67. The fraction of sp³-hybridized carbons (Fsp3) is 0.750. The standard InChI is InChI=1S/C24H43O4P/c1-3-5-7-9-11-13-15-18-22-19-17-21-24(28-29(25,26)27)23(22)20-16-14-12-10-8-6-4-2/h17,19,21H,3-16,18,20H2,1-2H3,(H2,25,26,27)/p-2. The summed E-state index contributed by atoms with van der Waals surface area (Å²) >= 11 is 0. The SMILES string of the molecule is CCCCCCCCCc1cccc(OP(=O)([O-])[O-])c1CCCCCCCCC. The van der Waals surface area contributed by atoms with Crippen molar-refractivity contribution in [2.45, 2.75) is 117 Å². The summed E-state index contributed by atoms with van der Waals surface area (Å²) in [6.45, 7) is 4.44. The van der Waals surface area contributed by atoms with Gasteiger partial charge in [-0.2, -0.15) is 0 Å². The molecule has 29 heavy (non-hydrogen) atoms. The van der Waals surface area contributed by atoms with E-state index in [4.69, 9.17) is 4.52 Å². The highest BCUT2D eigenvalue weighted by Crippen LogP contribution is 2.35. The van der Waals surface area contributed by atoms with E-state index in [0.717, 1.165) is 43.2 Å². The van der Waals surface area contributed by atoms with Crippen LogP contribution in [-0.2, 0) is 17.4 Å². The first kappa shape index (κ1) is 26.2. The zero-order chi connectivity index (χ0) is 21.4. The lowest BCUT2D eigenvalue weighted by Gasteiger charge is -2.30. The minimum absolute atomic E-state index is 0.241. The molecule has 0 aliphatic carbocycles. The Balaban J connectivity index is 2.58. The summed E-state index contributed by atoms with van der Waals surface area (Å²) in [5, 5.41) is 0. The number of phosphoric acid groups is 1. The van der Waals surface area contributed by atoms with Gasteiger partial charge in [0.2, 0.25) is 0 Å². The third-order valence-corrected chi connectivity index (χ3v) is 5.94. The maximum Gasteiger partial charge on any atom is 0.127 e. The van der Waals surface area contributed by atoms with Crippen molar-refractivity contribution >= 4 is 7.82 Å². The Bertz CT molecular complexity index is 582. The molecule has 1 aromatic carbocycles. The van der Waals surface area contributed by atoms with Crippen molar-refractivity contribution in [2.75, 3.05) is 0 Å². The van der Waals surface area contributed by atoms with Gasteiger partial charge in [0.15, 0.2) is 0 Å². The van der Waals surface area contributed by atoms with Gasteiger partial charge in [0.05, 0.1) is 0 Å². The molecule has 0 spiro atoms. The molecule has 0 heterocycles. The first-order valence-corrected chi connectivity index (χ1v) is 13.3. The lowest BCUT2D eigenvalue weighted by molar-refractivity contribution is -0.333. The highest BCUT2D eigenvalue weighted by atomic mass is 31.2. The summed E-state index contributed by atoms with van der Waals surface area (Å²) in [7, 11) is -5.04. The van der Waals surface area contributed by atoms with Crippen molar-refractivity contribution in [3.05, 3.63) is 29.3 Å². The molecule has 1 aromatic rings. The second-order valence-corrected chi connectivity index (χ2v) is 9.25. The van der Waals surface area contributed by atoms with Crippen LogP contribution in [0.3, 0.4) is 0 Å². The number of rotatable bonds is 18. The molecule has 0 N–H and O–H groups in total. The van der Waals surface area contributed by atoms with Gasteiger partial charge in [0.1, 0.15) is 13.6 Å². The van der Waals surface area contributed by atoms with Crippen LogP contribution in [0.2, 0.25) is 0 Å². The van der Waals surface area contributed by atoms with E-state index in [9.17, 15) is 14.4 Å². The molecule has 1 rings (SSSR count). The first-order valence-electron chi connectivity index (χ1n) is 11.8. The van der Waals surface area contributed by atoms with E-state index in [1.807, 2.05) is 0 Å². The zero-order valence-electron chi connectivity index (χ0n) is 18.6. The Morgan fingerprint density at radius 1 is 0.724 bits per heavy atom. The van der Waals surface area contributed by atoms with Crippen molar-refractivity contribution in [3.8, 4) is 5.75 Å². The van der Waals surface area contributed by atoms with E-state index in [1.54, 1.807) is 12.1 Å². The van der Waals surface area contributed by atoms with E-state index in [1.165, 1.54) is 70.6 Å². The smallest absolute Gasteiger partial charge is 0.127 e. The number of hydrogen-bond donors (Lipinski definition) is 0. The summed E-state index contributed by atoms with van der Waals surface area (Å²) in [5.41, 5.74) is 2.05. The fourth-order valence-corrected chi connectivity index (χ4v) is 4.28. The largest absolute Gasteiger partial charge is 0.780 e. The Morgan fingerprint density at radius 3 is 1.72 bits per heavy atom. The molecule has 0 saturated heterocycles. The van der Waals surface area contributed by atoms with E-state index >= 15 is 0 Å². The minimum Gasteiger partial charge on any atom is -0.780 e. The van der Waals surface area contributed by atoms with Crippen LogP contribution in [0, 0.1) is 0 Å². The summed E-state index contributed by atoms with van der Waals surface area (Å²) in [6.07, 6.45) is 18.8. The molecule has 0 amide bonds. The molecule has 0 aliphatic heterocycles. The molecule has 0 atom stereocenters. The van der Waals surface area contributed by atoms with E-state index in [0.29, 0.717) is 0 Å². The molecule has 0 unspecified atom stereocenters. The van der Waals surface area contributed by atoms with Gasteiger partial charge in [-0.15, -0.1) is 0 Å². The number of aryl methyl sites for hydroxylation is 1. The normalized spacial score (nSPS) is 11.7. The molecule has 0 bridgehead atoms. The molecule has 0 saturated carbocycles. The van der Waals surface area contributed by atoms with Crippen molar-refractivity contribution in [1.29, 1.82) is 0 Å². The number of hydrogen-bond acceptors (Lipinski definition) is 4. The third-order valence-electron chi connectivity index (χ3n) is 5.52. The topological polar surface area (TPSA) is 72.4 Å². The zero-order valence-corrected chi connectivity index (χ0v) is 19.5. The van der Waals surface area contributed by atoms with Gasteiger partial charge in [-0.1, -0.05) is 103 Å². The van der Waals surface area contributed by atoms with Gasteiger partial charge in [-0.25, -0.2) is 0 Å². The second kappa shape index (κ2) is 15.9. The number of phosphoric ester groups is 1. The second-order valence-electron chi connectivity index (χ2n) is 8.17. The van der Waals surface area contributed by atoms with Crippen LogP contribution in [-0.4, -0.2) is 0 Å². The van der Waals surface area contributed by atoms with Crippen molar-refractivity contribution < 1.29 is 18.9 Å². The lowest BCUT2D eigenvalue weighted by Crippen LogP contribution is -2.19. The van der Waals surface area contributed by atoms with E-state index < -0.39 is 7.82 Å². The summed E-state index contributed by atoms with van der Waals surface area (Å²) in [6, 6.07) is 5.48. The molecule has 0 aromatic heterocycles. The van der Waals surface area contributed by atoms with E-state index in [-0.39, 0.29) is 5.75 Å². The van der Waals surface area contributed by atoms with Crippen molar-refractivity contribution in [1.82, 2.24) is 0 Å². The van der Waals surface area contributed by atoms with Crippen LogP contribution in [0.4, 0.5) is 0 Å². The molecular weight excluding hydrogens is 383 g/mol. The summed E-state index contributed by atoms with van der Waals surface area (Å²) in [4.78, 5) is 22.4. The Labute approximate surface area is 178 Å². The maximum absolute atomic E-state index is 11.2. The van der Waals surface area contributed by atoms with Crippen LogP contribution >= 0.6 is 7.82 Å². The van der Waals surface area contributed by atoms with Gasteiger partial charge < -0.3 is 18.9 Å². The molecule has 5 heteroatoms. The molecule has 0 aliphatic rings. The quantitative estimate of drug-likeness (QED) is 0.200. The van der Waals surface area contributed by atoms with Crippen LogP contribution < -0.4 is 14.3 Å². The van der Waals surface area contributed by atoms with Gasteiger partial charge in [-0.3, -0.25) is 0 Å². The van der Waals surface area contributed by atoms with Crippen LogP contribution in [0.15, 0.2) is 18.2 Å². The Hall–Kier alpha value is -0.830. The number of unbranched alkanes of at least 4 members (excludes halogenated alkanes) is 12. The monoisotopic (exact) mass is 424 g/mol. The van der Waals surface area contributed by atoms with Gasteiger partial charge in [0.25, 0.3) is 0 Å². The van der Waals surface area contributed by atoms with Gasteiger partial charge >= 0.3 is 0 Å². The highest BCUT2D eigenvalue weighted by Gasteiger charge is 2.11. The summed E-state index contributed by atoms with van der Waals surface area (Å²) < 4.78 is 16.0. The highest BCUT2D eigenvalue weighted by molar-refractivity contribution is 7.43. The van der Waals surface area contributed by atoms with Crippen LogP contribution in [0.1, 0.15) is 115 Å². The average molecular weight is 425 g/mol. The molecule has 4 nitrogen and oxygen atoms in total. The predicted molar refractivity (Wildman–Crippen MR) is 118 cm³/mol. The summed E-state index contributed by atoms with van der Waals surface area (Å²) in [5.74, 6) is 0.241.